The van der Waals surface area contributed by atoms with Crippen molar-refractivity contribution < 1.29 is 0 Å². The van der Waals surface area contributed by atoms with Crippen molar-refractivity contribution in [3.8, 4) is 0 Å². The lowest BCUT2D eigenvalue weighted by molar-refractivity contribution is 0.0581. The molecule has 6 unspecified atom stereocenters. The van der Waals surface area contributed by atoms with Gasteiger partial charge in [0.1, 0.15) is 0 Å². The molecule has 4 aliphatic heterocycles. The number of anilines is 4. The summed E-state index contributed by atoms with van der Waals surface area (Å²) in [4.78, 5) is 5.79. The smallest absolute Gasteiger partial charge is 0.252 e. The highest BCUT2D eigenvalue weighted by molar-refractivity contribution is 7.00. The molecule has 2 nitrogen and oxygen atoms in total. The van der Waals surface area contributed by atoms with Crippen LogP contribution in [0.4, 0.5) is 22.7 Å². The molecular weight excluding hydrogens is 495 g/mol. The summed E-state index contributed by atoms with van der Waals surface area (Å²) < 4.78 is 0. The molecule has 3 aliphatic carbocycles. The van der Waals surface area contributed by atoms with Gasteiger partial charge < -0.3 is 9.80 Å². The van der Waals surface area contributed by atoms with Gasteiger partial charge in [-0.3, -0.25) is 0 Å². The molecule has 4 heterocycles. The first-order chi connectivity index (χ1) is 19.8. The van der Waals surface area contributed by atoms with Gasteiger partial charge in [-0.25, -0.2) is 0 Å². The molecule has 0 saturated heterocycles. The Morgan fingerprint density at radius 1 is 0.610 bits per heavy atom. The van der Waals surface area contributed by atoms with Crippen LogP contribution in [0.2, 0.25) is 0 Å². The SMILES string of the molecule is CC12CCCCC1(C)N1c3cccc4c3B(c3cccc2c31)c1cccc2c1N4C1(C)CC3CCCCC3CC21C. The zero-order chi connectivity index (χ0) is 27.5. The Bertz CT molecular complexity index is 1680. The van der Waals surface area contributed by atoms with E-state index in [1.165, 1.54) is 75.6 Å². The molecule has 3 fully saturated rings. The average Bonchev–Trinajstić information content (AvgIpc) is 3.32. The fraction of sp³-hybridized carbons (Fsp3) is 0.526. The van der Waals surface area contributed by atoms with Crippen LogP contribution >= 0.6 is 0 Å². The minimum Gasteiger partial charge on any atom is -0.335 e. The lowest BCUT2D eigenvalue weighted by atomic mass is 9.33. The van der Waals surface area contributed by atoms with Crippen LogP contribution in [0.25, 0.3) is 0 Å². The summed E-state index contributed by atoms with van der Waals surface area (Å²) in [5.41, 5.74) is 14.7. The molecule has 0 N–H and O–H groups in total. The predicted molar refractivity (Wildman–Crippen MR) is 173 cm³/mol. The van der Waals surface area contributed by atoms with Gasteiger partial charge in [-0.05, 0) is 91.0 Å². The lowest BCUT2D eigenvalue weighted by Gasteiger charge is -2.57. The van der Waals surface area contributed by atoms with Gasteiger partial charge in [0, 0.05) is 33.6 Å². The van der Waals surface area contributed by atoms with E-state index in [2.05, 4.69) is 92.1 Å². The largest absolute Gasteiger partial charge is 0.335 e. The van der Waals surface area contributed by atoms with Crippen molar-refractivity contribution in [3.05, 3.63) is 65.7 Å². The first-order valence-electron chi connectivity index (χ1n) is 16.8. The maximum absolute atomic E-state index is 2.92. The maximum Gasteiger partial charge on any atom is 0.252 e. The Morgan fingerprint density at radius 3 is 1.85 bits per heavy atom. The monoisotopic (exact) mass is 538 g/mol. The molecule has 7 aliphatic rings. The van der Waals surface area contributed by atoms with Gasteiger partial charge in [0.2, 0.25) is 0 Å². The van der Waals surface area contributed by atoms with Gasteiger partial charge in [0.25, 0.3) is 6.71 Å². The molecule has 0 radical (unpaired) electrons. The van der Waals surface area contributed by atoms with Crippen LogP contribution in [0.5, 0.6) is 0 Å². The van der Waals surface area contributed by atoms with Crippen molar-refractivity contribution in [1.29, 1.82) is 0 Å². The Hall–Kier alpha value is -2.68. The first kappa shape index (κ1) is 23.8. The quantitative estimate of drug-likeness (QED) is 0.277. The van der Waals surface area contributed by atoms with Gasteiger partial charge >= 0.3 is 0 Å². The van der Waals surface area contributed by atoms with E-state index in [4.69, 9.17) is 0 Å². The number of hydrogen-bond acceptors (Lipinski definition) is 2. The van der Waals surface area contributed by atoms with Crippen molar-refractivity contribution >= 4 is 45.9 Å². The zero-order valence-electron chi connectivity index (χ0n) is 25.4. The first-order valence-corrected chi connectivity index (χ1v) is 16.8. The third kappa shape index (κ3) is 2.40. The molecule has 10 rings (SSSR count). The molecule has 3 aromatic carbocycles. The molecule has 0 aromatic heterocycles. The number of hydrogen-bond donors (Lipinski definition) is 0. The minimum absolute atomic E-state index is 0.112. The summed E-state index contributed by atoms with van der Waals surface area (Å²) in [5, 5.41) is 0. The normalized spacial score (nSPS) is 38.5. The molecule has 208 valence electrons. The second-order valence-electron chi connectivity index (χ2n) is 15.9. The van der Waals surface area contributed by atoms with Crippen LogP contribution in [0.1, 0.15) is 103 Å². The van der Waals surface area contributed by atoms with E-state index in [0.717, 1.165) is 11.8 Å². The Morgan fingerprint density at radius 2 is 1.17 bits per heavy atom. The zero-order valence-corrected chi connectivity index (χ0v) is 25.4. The van der Waals surface area contributed by atoms with Crippen molar-refractivity contribution in [2.75, 3.05) is 9.80 Å². The van der Waals surface area contributed by atoms with Crippen LogP contribution in [-0.2, 0) is 10.8 Å². The molecule has 3 heteroatoms. The number of benzene rings is 3. The summed E-state index contributed by atoms with van der Waals surface area (Å²) >= 11 is 0. The van der Waals surface area contributed by atoms with E-state index >= 15 is 0 Å². The van der Waals surface area contributed by atoms with Gasteiger partial charge in [0.05, 0.1) is 11.1 Å². The second-order valence-corrected chi connectivity index (χ2v) is 15.9. The highest BCUT2D eigenvalue weighted by atomic mass is 15.3. The van der Waals surface area contributed by atoms with Crippen molar-refractivity contribution in [2.45, 2.75) is 114 Å². The molecule has 3 saturated carbocycles. The summed E-state index contributed by atoms with van der Waals surface area (Å²) in [6.07, 6.45) is 13.7. The van der Waals surface area contributed by atoms with Gasteiger partial charge in [0.15, 0.2) is 0 Å². The van der Waals surface area contributed by atoms with Gasteiger partial charge in [-0.1, -0.05) is 94.8 Å². The van der Waals surface area contributed by atoms with E-state index in [0.29, 0.717) is 6.71 Å². The molecule has 3 aromatic rings. The van der Waals surface area contributed by atoms with Crippen molar-refractivity contribution in [2.24, 2.45) is 11.8 Å². The van der Waals surface area contributed by atoms with Crippen LogP contribution in [-0.4, -0.2) is 17.8 Å². The number of para-hydroxylation sites is 2. The summed E-state index contributed by atoms with van der Waals surface area (Å²) in [7, 11) is 0. The maximum atomic E-state index is 2.92. The highest BCUT2D eigenvalue weighted by Crippen LogP contribution is 2.66. The summed E-state index contributed by atoms with van der Waals surface area (Å²) in [6, 6.07) is 22.2. The third-order valence-electron chi connectivity index (χ3n) is 14.6. The van der Waals surface area contributed by atoms with E-state index in [9.17, 15) is 0 Å². The van der Waals surface area contributed by atoms with Crippen LogP contribution in [0.3, 0.4) is 0 Å². The van der Waals surface area contributed by atoms with Crippen LogP contribution in [0.15, 0.2) is 54.6 Å². The fourth-order valence-electron chi connectivity index (χ4n) is 12.3. The Kier molecular flexibility index (Phi) is 4.23. The lowest BCUT2D eigenvalue weighted by Crippen LogP contribution is -2.67. The average molecular weight is 539 g/mol. The van der Waals surface area contributed by atoms with Crippen molar-refractivity contribution in [1.82, 2.24) is 0 Å². The third-order valence-corrected chi connectivity index (χ3v) is 14.6. The predicted octanol–water partition coefficient (Wildman–Crippen LogP) is 7.34. The molecule has 0 bridgehead atoms. The molecule has 0 amide bonds. The standard InChI is InChI=1S/C38H43BN2/c1-35-20-7-8-21-37(35,3)40-30-18-11-19-31-32(30)39(28-16-9-14-26(35)33(28)40)29-17-10-15-27-34(29)41(31)38(4)23-25-13-6-5-12-24(25)22-36(27,38)2/h9-11,14-19,24-25H,5-8,12-13,20-23H2,1-4H3. The Labute approximate surface area is 246 Å². The van der Waals surface area contributed by atoms with E-state index in [1.54, 1.807) is 38.9 Å². The minimum atomic E-state index is 0.112. The van der Waals surface area contributed by atoms with E-state index < -0.39 is 0 Å². The number of fused-ring (bicyclic) bond motifs is 11. The topological polar surface area (TPSA) is 6.48 Å². The molecule has 41 heavy (non-hydrogen) atoms. The number of rotatable bonds is 0. The fourth-order valence-corrected chi connectivity index (χ4v) is 12.3. The van der Waals surface area contributed by atoms with E-state index in [1.807, 2.05) is 0 Å². The second kappa shape index (κ2) is 7.27. The van der Waals surface area contributed by atoms with Gasteiger partial charge in [-0.2, -0.15) is 0 Å². The van der Waals surface area contributed by atoms with Crippen LogP contribution < -0.4 is 26.2 Å². The number of nitrogens with zero attached hydrogens (tertiary/aromatic N) is 2. The van der Waals surface area contributed by atoms with E-state index in [-0.39, 0.29) is 21.9 Å². The molecule has 0 spiro atoms. The summed E-state index contributed by atoms with van der Waals surface area (Å²) in [6.45, 7) is 10.8. The Balaban J connectivity index is 1.28. The van der Waals surface area contributed by atoms with Crippen LogP contribution in [0, 0.1) is 11.8 Å². The summed E-state index contributed by atoms with van der Waals surface area (Å²) in [5.74, 6) is 1.77. The molecular formula is C38H43BN2. The molecule has 6 atom stereocenters. The highest BCUT2D eigenvalue weighted by Gasteiger charge is 2.66. The van der Waals surface area contributed by atoms with Gasteiger partial charge in [-0.15, -0.1) is 0 Å². The van der Waals surface area contributed by atoms with Crippen molar-refractivity contribution in [3.63, 3.8) is 0 Å².